The monoisotopic (exact) mass is 213 g/mol. The lowest BCUT2D eigenvalue weighted by Crippen LogP contribution is -2.41. The number of hydrogen-bond donors (Lipinski definition) is 0. The minimum atomic E-state index is -0.510. The Balaban J connectivity index is 1.79. The van der Waals surface area contributed by atoms with Crippen LogP contribution in [0.15, 0.2) is 0 Å². The third-order valence-corrected chi connectivity index (χ3v) is 4.15. The largest absolute Gasteiger partial charge is 0.300 e. The zero-order chi connectivity index (χ0) is 10.7. The summed E-state index contributed by atoms with van der Waals surface area (Å²) >= 11 is 0. The van der Waals surface area contributed by atoms with Crippen molar-refractivity contribution < 1.29 is 4.39 Å². The van der Waals surface area contributed by atoms with E-state index in [0.29, 0.717) is 5.92 Å². The zero-order valence-corrected chi connectivity index (χ0v) is 9.92. The fraction of sp³-hybridized carbons (Fsp3) is 1.00. The molecule has 3 unspecified atom stereocenters. The van der Waals surface area contributed by atoms with Crippen LogP contribution in [0.2, 0.25) is 0 Å². The molecule has 1 saturated carbocycles. The van der Waals surface area contributed by atoms with Gasteiger partial charge in [0, 0.05) is 12.6 Å². The fourth-order valence-electron chi connectivity index (χ4n) is 3.15. The number of alkyl halides is 1. The molecule has 0 spiro atoms. The summed E-state index contributed by atoms with van der Waals surface area (Å²) in [5.41, 5.74) is 0. The number of hydrogen-bond acceptors (Lipinski definition) is 1. The van der Waals surface area contributed by atoms with E-state index in [9.17, 15) is 4.39 Å². The van der Waals surface area contributed by atoms with Crippen molar-refractivity contribution in [2.75, 3.05) is 13.1 Å². The molecule has 0 amide bonds. The van der Waals surface area contributed by atoms with Crippen molar-refractivity contribution in [3.05, 3.63) is 0 Å². The molecule has 0 aromatic rings. The molecule has 1 aliphatic heterocycles. The van der Waals surface area contributed by atoms with Crippen LogP contribution in [0.1, 0.15) is 51.9 Å². The van der Waals surface area contributed by atoms with Crippen LogP contribution >= 0.6 is 0 Å². The van der Waals surface area contributed by atoms with Crippen molar-refractivity contribution in [3.63, 3.8) is 0 Å². The molecular formula is C13H24FN. The van der Waals surface area contributed by atoms with Crippen molar-refractivity contribution in [3.8, 4) is 0 Å². The molecule has 15 heavy (non-hydrogen) atoms. The van der Waals surface area contributed by atoms with Gasteiger partial charge in [0.15, 0.2) is 0 Å². The van der Waals surface area contributed by atoms with Gasteiger partial charge in [0.25, 0.3) is 0 Å². The van der Waals surface area contributed by atoms with Gasteiger partial charge in [-0.1, -0.05) is 12.8 Å². The molecule has 0 N–H and O–H groups in total. The average molecular weight is 213 g/mol. The molecule has 1 heterocycles. The quantitative estimate of drug-likeness (QED) is 0.679. The van der Waals surface area contributed by atoms with E-state index < -0.39 is 6.17 Å². The molecule has 3 atom stereocenters. The van der Waals surface area contributed by atoms with Crippen molar-refractivity contribution in [2.45, 2.75) is 64.1 Å². The summed E-state index contributed by atoms with van der Waals surface area (Å²) in [4.78, 5) is 2.59. The molecule has 1 nitrogen and oxygen atoms in total. The van der Waals surface area contributed by atoms with Gasteiger partial charge in [-0.3, -0.25) is 0 Å². The Morgan fingerprint density at radius 2 is 2.00 bits per heavy atom. The molecular weight excluding hydrogens is 189 g/mol. The van der Waals surface area contributed by atoms with Crippen molar-refractivity contribution in [2.24, 2.45) is 5.92 Å². The van der Waals surface area contributed by atoms with Gasteiger partial charge in [0.2, 0.25) is 0 Å². The summed E-state index contributed by atoms with van der Waals surface area (Å²) in [6.07, 6.45) is 7.55. The highest BCUT2D eigenvalue weighted by Crippen LogP contribution is 2.28. The first kappa shape index (κ1) is 11.4. The molecule has 2 rings (SSSR count). The first-order valence-electron chi connectivity index (χ1n) is 6.64. The van der Waals surface area contributed by atoms with Gasteiger partial charge < -0.3 is 4.90 Å². The Morgan fingerprint density at radius 1 is 1.13 bits per heavy atom. The molecule has 1 aliphatic carbocycles. The van der Waals surface area contributed by atoms with E-state index in [0.717, 1.165) is 31.8 Å². The number of nitrogens with zero attached hydrogens (tertiary/aromatic N) is 1. The highest BCUT2D eigenvalue weighted by molar-refractivity contribution is 4.79. The van der Waals surface area contributed by atoms with Gasteiger partial charge in [-0.05, 0) is 51.5 Å². The van der Waals surface area contributed by atoms with Crippen LogP contribution in [0.5, 0.6) is 0 Å². The van der Waals surface area contributed by atoms with Gasteiger partial charge in [-0.15, -0.1) is 0 Å². The van der Waals surface area contributed by atoms with Gasteiger partial charge in [-0.25, -0.2) is 4.39 Å². The molecule has 0 bridgehead atoms. The normalized spacial score (nSPS) is 39.2. The molecule has 1 saturated heterocycles. The van der Waals surface area contributed by atoms with Crippen molar-refractivity contribution in [1.29, 1.82) is 0 Å². The minimum absolute atomic E-state index is 0.510. The summed E-state index contributed by atoms with van der Waals surface area (Å²) < 4.78 is 13.3. The van der Waals surface area contributed by atoms with E-state index in [-0.39, 0.29) is 0 Å². The maximum absolute atomic E-state index is 13.3. The second kappa shape index (κ2) is 5.29. The molecule has 2 aliphatic rings. The van der Waals surface area contributed by atoms with E-state index in [4.69, 9.17) is 0 Å². The van der Waals surface area contributed by atoms with Crippen LogP contribution in [-0.2, 0) is 0 Å². The minimum Gasteiger partial charge on any atom is -0.300 e. The van der Waals surface area contributed by atoms with E-state index in [1.807, 2.05) is 0 Å². The molecule has 0 aromatic carbocycles. The van der Waals surface area contributed by atoms with Crippen LogP contribution < -0.4 is 0 Å². The van der Waals surface area contributed by atoms with Crippen LogP contribution in [0.4, 0.5) is 4.39 Å². The second-order valence-electron chi connectivity index (χ2n) is 5.47. The Kier molecular flexibility index (Phi) is 4.01. The van der Waals surface area contributed by atoms with Crippen LogP contribution in [0.25, 0.3) is 0 Å². The highest BCUT2D eigenvalue weighted by atomic mass is 19.1. The van der Waals surface area contributed by atoms with Crippen LogP contribution in [0, 0.1) is 5.92 Å². The Labute approximate surface area is 93.0 Å². The van der Waals surface area contributed by atoms with Crippen molar-refractivity contribution in [1.82, 2.24) is 4.90 Å². The predicted octanol–water partition coefficient (Wildman–Crippen LogP) is 3.39. The number of rotatable bonds is 2. The topological polar surface area (TPSA) is 3.24 Å². The lowest BCUT2D eigenvalue weighted by molar-refractivity contribution is 0.102. The number of halogens is 1. The Bertz CT molecular complexity index is 195. The smallest absolute Gasteiger partial charge is 0.100 e. The van der Waals surface area contributed by atoms with Crippen molar-refractivity contribution >= 4 is 0 Å². The van der Waals surface area contributed by atoms with Gasteiger partial charge >= 0.3 is 0 Å². The van der Waals surface area contributed by atoms with E-state index >= 15 is 0 Å². The standard InChI is InChI=1S/C13H24FN/c1-11-5-2-3-8-15(11)10-12-6-4-7-13(14)9-12/h11-13H,2-10H2,1H3. The van der Waals surface area contributed by atoms with Gasteiger partial charge in [0.05, 0.1) is 0 Å². The fourth-order valence-corrected chi connectivity index (χ4v) is 3.15. The maximum Gasteiger partial charge on any atom is 0.100 e. The Hall–Kier alpha value is -0.110. The van der Waals surface area contributed by atoms with E-state index in [1.54, 1.807) is 0 Å². The highest BCUT2D eigenvalue weighted by Gasteiger charge is 2.26. The molecule has 88 valence electrons. The van der Waals surface area contributed by atoms with Gasteiger partial charge in [0.1, 0.15) is 6.17 Å². The SMILES string of the molecule is CC1CCCCN1CC1CCCC(F)C1. The third-order valence-electron chi connectivity index (χ3n) is 4.15. The summed E-state index contributed by atoms with van der Waals surface area (Å²) in [7, 11) is 0. The summed E-state index contributed by atoms with van der Waals surface area (Å²) in [6.45, 7) is 4.73. The first-order chi connectivity index (χ1) is 7.25. The first-order valence-corrected chi connectivity index (χ1v) is 6.64. The number of likely N-dealkylation sites (tertiary alicyclic amines) is 1. The number of piperidine rings is 1. The third kappa shape index (κ3) is 3.17. The van der Waals surface area contributed by atoms with Gasteiger partial charge in [-0.2, -0.15) is 0 Å². The van der Waals surface area contributed by atoms with Crippen LogP contribution in [-0.4, -0.2) is 30.2 Å². The molecule has 2 fully saturated rings. The lowest BCUT2D eigenvalue weighted by Gasteiger charge is -2.37. The second-order valence-corrected chi connectivity index (χ2v) is 5.47. The summed E-state index contributed by atoms with van der Waals surface area (Å²) in [5, 5.41) is 0. The van der Waals surface area contributed by atoms with Crippen LogP contribution in [0.3, 0.4) is 0 Å². The van der Waals surface area contributed by atoms with E-state index in [2.05, 4.69) is 11.8 Å². The average Bonchev–Trinajstić information content (AvgIpc) is 2.22. The summed E-state index contributed by atoms with van der Waals surface area (Å²) in [5.74, 6) is 0.634. The molecule has 0 radical (unpaired) electrons. The predicted molar refractivity (Wildman–Crippen MR) is 61.7 cm³/mol. The van der Waals surface area contributed by atoms with E-state index in [1.165, 1.54) is 32.2 Å². The lowest BCUT2D eigenvalue weighted by atomic mass is 9.87. The Morgan fingerprint density at radius 3 is 2.73 bits per heavy atom. The molecule has 0 aromatic heterocycles. The summed E-state index contributed by atoms with van der Waals surface area (Å²) in [6, 6.07) is 0.735. The maximum atomic E-state index is 13.3. The molecule has 2 heteroatoms. The zero-order valence-electron chi connectivity index (χ0n) is 9.92.